The number of carbonyl (C=O) groups excluding carboxylic acids is 1. The highest BCUT2D eigenvalue weighted by molar-refractivity contribution is 5.94. The molecule has 130 valence electrons. The molecule has 0 N–H and O–H groups in total. The number of ether oxygens (including phenoxy) is 2. The van der Waals surface area contributed by atoms with Crippen LogP contribution in [0, 0.1) is 11.3 Å². The summed E-state index contributed by atoms with van der Waals surface area (Å²) in [6, 6.07) is 14.4. The SMILES string of the molecule is COc1cc(C(=O)N(C)Cc2ccc(C#N)cc2)ccc1OC(C)C. The van der Waals surface area contributed by atoms with Crippen molar-refractivity contribution in [2.45, 2.75) is 26.5 Å². The number of nitriles is 1. The van der Waals surface area contributed by atoms with Crippen molar-refractivity contribution < 1.29 is 14.3 Å². The van der Waals surface area contributed by atoms with Crippen LogP contribution >= 0.6 is 0 Å². The van der Waals surface area contributed by atoms with Crippen molar-refractivity contribution >= 4 is 5.91 Å². The zero-order valence-corrected chi connectivity index (χ0v) is 14.9. The maximum atomic E-state index is 12.7. The highest BCUT2D eigenvalue weighted by Gasteiger charge is 2.16. The molecule has 0 radical (unpaired) electrons. The Morgan fingerprint density at radius 1 is 1.16 bits per heavy atom. The summed E-state index contributed by atoms with van der Waals surface area (Å²) >= 11 is 0. The average Bonchev–Trinajstić information content (AvgIpc) is 2.61. The summed E-state index contributed by atoms with van der Waals surface area (Å²) in [6.45, 7) is 4.32. The van der Waals surface area contributed by atoms with Crippen molar-refractivity contribution in [2.24, 2.45) is 0 Å². The Bertz CT molecular complexity index is 777. The fourth-order valence-corrected chi connectivity index (χ4v) is 2.40. The standard InChI is InChI=1S/C20H22N2O3/c1-14(2)25-18-10-9-17(11-19(18)24-4)20(23)22(3)13-16-7-5-15(12-21)6-8-16/h5-11,14H,13H2,1-4H3. The molecule has 2 aromatic carbocycles. The van der Waals surface area contributed by atoms with Gasteiger partial charge in [-0.25, -0.2) is 0 Å². The Hall–Kier alpha value is -3.00. The van der Waals surface area contributed by atoms with Crippen LogP contribution < -0.4 is 9.47 Å². The van der Waals surface area contributed by atoms with Gasteiger partial charge in [0.15, 0.2) is 11.5 Å². The van der Waals surface area contributed by atoms with E-state index in [2.05, 4.69) is 6.07 Å². The van der Waals surface area contributed by atoms with Gasteiger partial charge in [0, 0.05) is 19.2 Å². The third-order valence-corrected chi connectivity index (χ3v) is 3.62. The number of rotatable bonds is 6. The number of hydrogen-bond donors (Lipinski definition) is 0. The number of hydrogen-bond acceptors (Lipinski definition) is 4. The molecule has 2 rings (SSSR count). The van der Waals surface area contributed by atoms with E-state index in [1.165, 1.54) is 0 Å². The first-order valence-corrected chi connectivity index (χ1v) is 8.03. The van der Waals surface area contributed by atoms with Gasteiger partial charge in [-0.1, -0.05) is 12.1 Å². The van der Waals surface area contributed by atoms with Gasteiger partial charge in [-0.05, 0) is 49.7 Å². The Kier molecular flexibility index (Phi) is 6.02. The van der Waals surface area contributed by atoms with Gasteiger partial charge in [0.05, 0.1) is 24.8 Å². The second-order valence-electron chi connectivity index (χ2n) is 6.00. The minimum absolute atomic E-state index is 0.0227. The fourth-order valence-electron chi connectivity index (χ4n) is 2.40. The Morgan fingerprint density at radius 3 is 2.40 bits per heavy atom. The third-order valence-electron chi connectivity index (χ3n) is 3.62. The maximum absolute atomic E-state index is 12.7. The lowest BCUT2D eigenvalue weighted by Crippen LogP contribution is -2.26. The van der Waals surface area contributed by atoms with Gasteiger partial charge in [0.25, 0.3) is 5.91 Å². The predicted octanol–water partition coefficient (Wildman–Crippen LogP) is 3.63. The van der Waals surface area contributed by atoms with Crippen LogP contribution in [0.2, 0.25) is 0 Å². The van der Waals surface area contributed by atoms with Crippen LogP contribution in [-0.4, -0.2) is 31.1 Å². The first kappa shape index (κ1) is 18.3. The van der Waals surface area contributed by atoms with Crippen molar-refractivity contribution in [2.75, 3.05) is 14.2 Å². The molecule has 0 spiro atoms. The molecule has 0 aromatic heterocycles. The molecule has 1 amide bonds. The molecule has 5 heteroatoms. The largest absolute Gasteiger partial charge is 0.493 e. The van der Waals surface area contributed by atoms with Crippen LogP contribution in [-0.2, 0) is 6.54 Å². The lowest BCUT2D eigenvalue weighted by molar-refractivity contribution is 0.0784. The highest BCUT2D eigenvalue weighted by atomic mass is 16.5. The fraction of sp³-hybridized carbons (Fsp3) is 0.300. The molecule has 25 heavy (non-hydrogen) atoms. The van der Waals surface area contributed by atoms with E-state index in [9.17, 15) is 4.79 Å². The molecule has 0 heterocycles. The molecule has 0 bridgehead atoms. The quantitative estimate of drug-likeness (QED) is 0.807. The van der Waals surface area contributed by atoms with Crippen LogP contribution in [0.3, 0.4) is 0 Å². The van der Waals surface area contributed by atoms with E-state index in [-0.39, 0.29) is 12.0 Å². The molecule has 0 atom stereocenters. The topological polar surface area (TPSA) is 62.6 Å². The summed E-state index contributed by atoms with van der Waals surface area (Å²) in [7, 11) is 3.29. The van der Waals surface area contributed by atoms with Gasteiger partial charge in [0.2, 0.25) is 0 Å². The first-order chi connectivity index (χ1) is 11.9. The van der Waals surface area contributed by atoms with Crippen molar-refractivity contribution in [3.8, 4) is 17.6 Å². The third kappa shape index (κ3) is 4.74. The smallest absolute Gasteiger partial charge is 0.254 e. The molecule has 0 saturated heterocycles. The van der Waals surface area contributed by atoms with Crippen LogP contribution in [0.15, 0.2) is 42.5 Å². The van der Waals surface area contributed by atoms with Gasteiger partial charge in [-0.2, -0.15) is 5.26 Å². The zero-order chi connectivity index (χ0) is 18.4. The molecule has 2 aromatic rings. The van der Waals surface area contributed by atoms with E-state index < -0.39 is 0 Å². The molecular weight excluding hydrogens is 316 g/mol. The average molecular weight is 338 g/mol. The molecule has 0 aliphatic carbocycles. The summed E-state index contributed by atoms with van der Waals surface area (Å²) in [5, 5.41) is 8.84. The van der Waals surface area contributed by atoms with Crippen LogP contribution in [0.25, 0.3) is 0 Å². The Morgan fingerprint density at radius 2 is 1.84 bits per heavy atom. The van der Waals surface area contributed by atoms with Crippen LogP contribution in [0.1, 0.15) is 35.3 Å². The summed E-state index contributed by atoms with van der Waals surface area (Å²) < 4.78 is 11.0. The van der Waals surface area contributed by atoms with Crippen molar-refractivity contribution in [3.63, 3.8) is 0 Å². The van der Waals surface area contributed by atoms with Gasteiger partial charge in [-0.15, -0.1) is 0 Å². The second-order valence-corrected chi connectivity index (χ2v) is 6.00. The number of methoxy groups -OCH3 is 1. The Balaban J connectivity index is 2.14. The van der Waals surface area contributed by atoms with Gasteiger partial charge in [-0.3, -0.25) is 4.79 Å². The summed E-state index contributed by atoms with van der Waals surface area (Å²) in [6.07, 6.45) is 0.0227. The molecule has 5 nitrogen and oxygen atoms in total. The van der Waals surface area contributed by atoms with Crippen LogP contribution in [0.4, 0.5) is 0 Å². The zero-order valence-electron chi connectivity index (χ0n) is 14.9. The molecule has 0 saturated carbocycles. The second kappa shape index (κ2) is 8.20. The van der Waals surface area contributed by atoms with E-state index >= 15 is 0 Å². The predicted molar refractivity (Wildman–Crippen MR) is 95.7 cm³/mol. The minimum atomic E-state index is -0.112. The number of carbonyl (C=O) groups is 1. The number of amides is 1. The maximum Gasteiger partial charge on any atom is 0.254 e. The normalized spacial score (nSPS) is 10.2. The summed E-state index contributed by atoms with van der Waals surface area (Å²) in [5.74, 6) is 1.04. The van der Waals surface area contributed by atoms with E-state index in [1.807, 2.05) is 26.0 Å². The van der Waals surface area contributed by atoms with Gasteiger partial charge >= 0.3 is 0 Å². The molecule has 0 unspecified atom stereocenters. The van der Waals surface area contributed by atoms with Crippen molar-refractivity contribution in [1.82, 2.24) is 4.90 Å². The van der Waals surface area contributed by atoms with E-state index in [0.29, 0.717) is 29.2 Å². The number of benzene rings is 2. The van der Waals surface area contributed by atoms with Crippen molar-refractivity contribution in [1.29, 1.82) is 5.26 Å². The van der Waals surface area contributed by atoms with Crippen molar-refractivity contribution in [3.05, 3.63) is 59.2 Å². The highest BCUT2D eigenvalue weighted by Crippen LogP contribution is 2.29. The van der Waals surface area contributed by atoms with Gasteiger partial charge in [0.1, 0.15) is 0 Å². The summed E-state index contributed by atoms with van der Waals surface area (Å²) in [4.78, 5) is 14.3. The van der Waals surface area contributed by atoms with E-state index in [0.717, 1.165) is 5.56 Å². The Labute approximate surface area is 148 Å². The van der Waals surface area contributed by atoms with E-state index in [1.54, 1.807) is 49.4 Å². The molecule has 0 fully saturated rings. The van der Waals surface area contributed by atoms with Crippen LogP contribution in [0.5, 0.6) is 11.5 Å². The van der Waals surface area contributed by atoms with Gasteiger partial charge < -0.3 is 14.4 Å². The molecule has 0 aliphatic rings. The first-order valence-electron chi connectivity index (χ1n) is 8.03. The lowest BCUT2D eigenvalue weighted by Gasteiger charge is -2.19. The number of nitrogens with zero attached hydrogens (tertiary/aromatic N) is 2. The monoisotopic (exact) mass is 338 g/mol. The minimum Gasteiger partial charge on any atom is -0.493 e. The van der Waals surface area contributed by atoms with E-state index in [4.69, 9.17) is 14.7 Å². The lowest BCUT2D eigenvalue weighted by atomic mass is 10.1. The summed E-state index contributed by atoms with van der Waals surface area (Å²) in [5.41, 5.74) is 2.09. The molecule has 0 aliphatic heterocycles. The molecular formula is C20H22N2O3.